The maximum atomic E-state index is 12.6. The van der Waals surface area contributed by atoms with E-state index in [0.717, 1.165) is 60.2 Å². The van der Waals surface area contributed by atoms with Crippen LogP contribution in [0.2, 0.25) is 0 Å². The molecule has 1 saturated carbocycles. The van der Waals surface area contributed by atoms with Crippen molar-refractivity contribution in [3.63, 3.8) is 0 Å². The molecule has 182 valence electrons. The lowest BCUT2D eigenvalue weighted by atomic mass is 10.1. The Kier molecular flexibility index (Phi) is 7.19. The van der Waals surface area contributed by atoms with Crippen LogP contribution in [0.1, 0.15) is 50.7 Å². The van der Waals surface area contributed by atoms with Crippen molar-refractivity contribution in [2.75, 3.05) is 0 Å². The molecule has 1 aliphatic rings. The van der Waals surface area contributed by atoms with Crippen LogP contribution < -0.4 is 10.9 Å². The monoisotopic (exact) mass is 466 g/mol. The van der Waals surface area contributed by atoms with E-state index >= 15 is 0 Å². The lowest BCUT2D eigenvalue weighted by Crippen LogP contribution is -2.46. The van der Waals surface area contributed by atoms with Crippen molar-refractivity contribution in [2.45, 2.75) is 77.8 Å². The third kappa shape index (κ3) is 4.93. The number of hydrogen-bond donors (Lipinski definition) is 2. The Labute approximate surface area is 199 Å². The van der Waals surface area contributed by atoms with Crippen LogP contribution in [-0.4, -0.2) is 43.4 Å². The van der Waals surface area contributed by atoms with Crippen LogP contribution in [0.3, 0.4) is 0 Å². The molecule has 8 heteroatoms. The molecule has 1 unspecified atom stereocenters. The lowest BCUT2D eigenvalue weighted by Gasteiger charge is -2.22. The van der Waals surface area contributed by atoms with Gasteiger partial charge in [0.05, 0.1) is 17.1 Å². The van der Waals surface area contributed by atoms with Gasteiger partial charge in [-0.25, -0.2) is 4.98 Å². The maximum absolute atomic E-state index is 12.6. The number of nitrogens with one attached hydrogen (secondary N) is 1. The van der Waals surface area contributed by atoms with Crippen molar-refractivity contribution < 1.29 is 14.6 Å². The predicted octanol–water partition coefficient (Wildman–Crippen LogP) is 3.06. The molecule has 1 fully saturated rings. The summed E-state index contributed by atoms with van der Waals surface area (Å²) in [6, 6.07) is 7.11. The van der Waals surface area contributed by atoms with Crippen LogP contribution in [0.5, 0.6) is 0 Å². The van der Waals surface area contributed by atoms with Gasteiger partial charge in [-0.15, -0.1) is 0 Å². The van der Waals surface area contributed by atoms with Crippen molar-refractivity contribution in [3.05, 3.63) is 51.9 Å². The summed E-state index contributed by atoms with van der Waals surface area (Å²) in [7, 11) is 1.75. The summed E-state index contributed by atoms with van der Waals surface area (Å²) in [6.07, 6.45) is 4.86. The van der Waals surface area contributed by atoms with Crippen molar-refractivity contribution in [2.24, 2.45) is 7.05 Å². The lowest BCUT2D eigenvalue weighted by molar-refractivity contribution is -0.154. The van der Waals surface area contributed by atoms with E-state index in [1.807, 2.05) is 37.4 Å². The largest absolute Gasteiger partial charge is 0.461 e. The van der Waals surface area contributed by atoms with Gasteiger partial charge in [0, 0.05) is 37.5 Å². The van der Waals surface area contributed by atoms with Gasteiger partial charge in [0.1, 0.15) is 18.0 Å². The highest BCUT2D eigenvalue weighted by Gasteiger charge is 2.28. The molecule has 34 heavy (non-hydrogen) atoms. The normalized spacial score (nSPS) is 16.1. The summed E-state index contributed by atoms with van der Waals surface area (Å²) in [6.45, 7) is 6.62. The Morgan fingerprint density at radius 3 is 2.68 bits per heavy atom. The van der Waals surface area contributed by atoms with Gasteiger partial charge >= 0.3 is 5.97 Å². The van der Waals surface area contributed by atoms with E-state index in [1.165, 1.54) is 0 Å². The summed E-state index contributed by atoms with van der Waals surface area (Å²) in [5.74, 6) is 0.411. The zero-order valence-corrected chi connectivity index (χ0v) is 20.4. The molecule has 0 radical (unpaired) electrons. The van der Waals surface area contributed by atoms with Gasteiger partial charge < -0.3 is 19.0 Å². The molecule has 1 aliphatic carbocycles. The van der Waals surface area contributed by atoms with Crippen LogP contribution in [-0.2, 0) is 29.7 Å². The summed E-state index contributed by atoms with van der Waals surface area (Å²) in [4.78, 5) is 29.6. The number of aryl methyl sites for hydroxylation is 3. The topological polar surface area (TPSA) is 98.4 Å². The molecule has 4 rings (SSSR count). The Morgan fingerprint density at radius 1 is 1.29 bits per heavy atom. The van der Waals surface area contributed by atoms with E-state index < -0.39 is 18.1 Å². The molecule has 2 heterocycles. The number of aliphatic hydroxyl groups excluding tert-OH is 1. The fourth-order valence-corrected chi connectivity index (χ4v) is 4.75. The fraction of sp³-hybridized carbons (Fsp3) is 0.500. The predicted molar refractivity (Wildman–Crippen MR) is 131 cm³/mol. The van der Waals surface area contributed by atoms with Crippen molar-refractivity contribution in [3.8, 4) is 11.4 Å². The third-order valence-corrected chi connectivity index (χ3v) is 6.60. The summed E-state index contributed by atoms with van der Waals surface area (Å²) in [5, 5.41) is 13.3. The molecule has 0 saturated heterocycles. The third-order valence-electron chi connectivity index (χ3n) is 6.60. The first-order valence-electron chi connectivity index (χ1n) is 12.1. The molecule has 0 spiro atoms. The van der Waals surface area contributed by atoms with E-state index in [0.29, 0.717) is 12.1 Å². The molecule has 3 aromatic rings. The Bertz CT molecular complexity index is 1210. The number of imidazole rings is 1. The van der Waals surface area contributed by atoms with E-state index in [9.17, 15) is 14.7 Å². The summed E-state index contributed by atoms with van der Waals surface area (Å²) in [5.41, 5.74) is 4.34. The van der Waals surface area contributed by atoms with Crippen molar-refractivity contribution in [1.29, 1.82) is 0 Å². The molecule has 1 aromatic carbocycles. The highest BCUT2D eigenvalue weighted by molar-refractivity contribution is 5.81. The smallest absolute Gasteiger partial charge is 0.326 e. The second-order valence-corrected chi connectivity index (χ2v) is 9.27. The quantitative estimate of drug-likeness (QED) is 0.495. The zero-order chi connectivity index (χ0) is 24.4. The van der Waals surface area contributed by atoms with Gasteiger partial charge in [0.2, 0.25) is 0 Å². The SMILES string of the molecule is CCn1c(-c2cc(C)c(=O)n(C)c2)nc2cc(CNC(C(=O)OC3CCCC3)[C@@H](C)O)ccc21. The molecule has 0 aliphatic heterocycles. The van der Waals surface area contributed by atoms with Gasteiger partial charge in [-0.3, -0.25) is 14.9 Å². The van der Waals surface area contributed by atoms with Gasteiger partial charge in [-0.1, -0.05) is 6.07 Å². The number of benzene rings is 1. The van der Waals surface area contributed by atoms with E-state index in [-0.39, 0.29) is 11.7 Å². The highest BCUT2D eigenvalue weighted by Crippen LogP contribution is 2.26. The van der Waals surface area contributed by atoms with Gasteiger partial charge in [-0.2, -0.15) is 0 Å². The highest BCUT2D eigenvalue weighted by atomic mass is 16.5. The average Bonchev–Trinajstić information content (AvgIpc) is 3.44. The molecule has 2 aromatic heterocycles. The van der Waals surface area contributed by atoms with E-state index in [1.54, 1.807) is 18.5 Å². The van der Waals surface area contributed by atoms with Gasteiger partial charge in [0.25, 0.3) is 5.56 Å². The van der Waals surface area contributed by atoms with Crippen LogP contribution >= 0.6 is 0 Å². The van der Waals surface area contributed by atoms with Crippen LogP contribution in [0.4, 0.5) is 0 Å². The number of carbonyl (C=O) groups excluding carboxylic acids is 1. The standard InChI is InChI=1S/C26H34N4O4/c1-5-30-22-11-10-18(14-27-23(17(3)31)26(33)34-20-8-6-7-9-20)13-21(22)28-24(30)19-12-16(2)25(32)29(4)15-19/h10-13,15,17,20,23,27,31H,5-9,14H2,1-4H3/t17-,23?/m1/s1. The first-order valence-corrected chi connectivity index (χ1v) is 12.1. The van der Waals surface area contributed by atoms with E-state index in [4.69, 9.17) is 9.72 Å². The summed E-state index contributed by atoms with van der Waals surface area (Å²) >= 11 is 0. The van der Waals surface area contributed by atoms with Gasteiger partial charge in [0.15, 0.2) is 0 Å². The Morgan fingerprint density at radius 2 is 2.03 bits per heavy atom. The number of esters is 1. The number of fused-ring (bicyclic) bond motifs is 1. The number of pyridine rings is 1. The fourth-order valence-electron chi connectivity index (χ4n) is 4.75. The summed E-state index contributed by atoms with van der Waals surface area (Å²) < 4.78 is 9.31. The first kappa shape index (κ1) is 24.2. The van der Waals surface area contributed by atoms with Crippen molar-refractivity contribution >= 4 is 17.0 Å². The zero-order valence-electron chi connectivity index (χ0n) is 20.4. The number of aliphatic hydroxyl groups is 1. The van der Waals surface area contributed by atoms with E-state index in [2.05, 4.69) is 16.8 Å². The second kappa shape index (κ2) is 10.1. The molecule has 0 bridgehead atoms. The Hall–Kier alpha value is -2.97. The van der Waals surface area contributed by atoms with Crippen LogP contribution in [0.25, 0.3) is 22.4 Å². The number of aromatic nitrogens is 3. The maximum Gasteiger partial charge on any atom is 0.326 e. The number of carbonyl (C=O) groups is 1. The number of nitrogens with zero attached hydrogens (tertiary/aromatic N) is 3. The van der Waals surface area contributed by atoms with Crippen LogP contribution in [0, 0.1) is 6.92 Å². The molecule has 2 N–H and O–H groups in total. The number of rotatable bonds is 8. The first-order chi connectivity index (χ1) is 16.3. The molecule has 2 atom stereocenters. The minimum Gasteiger partial charge on any atom is -0.461 e. The number of hydrogen-bond acceptors (Lipinski definition) is 6. The molecule has 8 nitrogen and oxygen atoms in total. The second-order valence-electron chi connectivity index (χ2n) is 9.27. The molecule has 0 amide bonds. The molecular formula is C26H34N4O4. The number of ether oxygens (including phenoxy) is 1. The molecular weight excluding hydrogens is 432 g/mol. The average molecular weight is 467 g/mol. The minimum atomic E-state index is -0.864. The van der Waals surface area contributed by atoms with Crippen LogP contribution in [0.15, 0.2) is 35.3 Å². The van der Waals surface area contributed by atoms with Gasteiger partial charge in [-0.05, 0) is 70.2 Å². The van der Waals surface area contributed by atoms with Crippen molar-refractivity contribution in [1.82, 2.24) is 19.4 Å². The minimum absolute atomic E-state index is 0.0182. The Balaban J connectivity index is 1.56.